The molecule has 4 heteroatoms. The molecule has 4 aliphatic carbocycles. The number of fused-ring (bicyclic) bond motifs is 5. The number of rotatable bonds is 5. The summed E-state index contributed by atoms with van der Waals surface area (Å²) >= 11 is 0. The standard InChI is InChI=1S/C26H44O4/c1-5-17-21-14-16(27)10-12-26(21,4)20-11-13-25(3)18(15(2)6-9-22(28)29)7-8-19(25)23(20)24(17)30/h15-21,23-24,27,30H,5-14H2,1-4H3,(H,28,29)/t15-,16-,17-,18?,19?,20?,21+,23?,24-,25-,26-/m1/s1/i24D. The van der Waals surface area contributed by atoms with E-state index in [2.05, 4.69) is 27.7 Å². The van der Waals surface area contributed by atoms with Crippen LogP contribution in [0.25, 0.3) is 0 Å². The molecule has 11 atom stereocenters. The molecule has 4 saturated carbocycles. The van der Waals surface area contributed by atoms with Gasteiger partial charge in [-0.15, -0.1) is 0 Å². The summed E-state index contributed by atoms with van der Waals surface area (Å²) in [5.41, 5.74) is 0.190. The number of hydrogen-bond donors (Lipinski definition) is 3. The molecule has 172 valence electrons. The number of aliphatic hydroxyl groups is 2. The Balaban J connectivity index is 1.67. The van der Waals surface area contributed by atoms with Gasteiger partial charge in [0, 0.05) is 6.42 Å². The predicted octanol–water partition coefficient (Wildman–Crippen LogP) is 5.11. The highest BCUT2D eigenvalue weighted by molar-refractivity contribution is 5.66. The summed E-state index contributed by atoms with van der Waals surface area (Å²) < 4.78 is 9.33. The monoisotopic (exact) mass is 421 g/mol. The van der Waals surface area contributed by atoms with E-state index in [1.807, 2.05) is 0 Å². The van der Waals surface area contributed by atoms with E-state index < -0.39 is 12.0 Å². The fraction of sp³-hybridized carbons (Fsp3) is 0.962. The summed E-state index contributed by atoms with van der Waals surface area (Å²) in [6, 6.07) is 0. The molecule has 0 bridgehead atoms. The van der Waals surface area contributed by atoms with Crippen LogP contribution in [0.5, 0.6) is 0 Å². The van der Waals surface area contributed by atoms with E-state index in [1.165, 1.54) is 0 Å². The summed E-state index contributed by atoms with van der Waals surface area (Å²) in [4.78, 5) is 11.1. The quantitative estimate of drug-likeness (QED) is 0.576. The third-order valence-corrected chi connectivity index (χ3v) is 10.7. The van der Waals surface area contributed by atoms with Crippen LogP contribution in [0.2, 0.25) is 0 Å². The lowest BCUT2D eigenvalue weighted by Gasteiger charge is -2.64. The first-order chi connectivity index (χ1) is 14.5. The molecule has 0 radical (unpaired) electrons. The van der Waals surface area contributed by atoms with E-state index in [9.17, 15) is 16.4 Å². The Bertz CT molecular complexity index is 695. The van der Waals surface area contributed by atoms with Crippen molar-refractivity contribution >= 4 is 5.97 Å². The van der Waals surface area contributed by atoms with E-state index in [0.717, 1.165) is 57.8 Å². The fourth-order valence-electron chi connectivity index (χ4n) is 9.19. The van der Waals surface area contributed by atoms with Crippen molar-refractivity contribution in [2.45, 2.75) is 104 Å². The van der Waals surface area contributed by atoms with Gasteiger partial charge in [-0.25, -0.2) is 0 Å². The molecule has 4 unspecified atom stereocenters. The smallest absolute Gasteiger partial charge is 0.303 e. The predicted molar refractivity (Wildman–Crippen MR) is 118 cm³/mol. The van der Waals surface area contributed by atoms with Crippen LogP contribution < -0.4 is 0 Å². The van der Waals surface area contributed by atoms with E-state index in [0.29, 0.717) is 23.7 Å². The molecule has 4 fully saturated rings. The van der Waals surface area contributed by atoms with Crippen molar-refractivity contribution < 1.29 is 21.5 Å². The van der Waals surface area contributed by atoms with Crippen molar-refractivity contribution in [3.8, 4) is 0 Å². The normalized spacial score (nSPS) is 54.5. The van der Waals surface area contributed by atoms with Crippen LogP contribution in [0, 0.1) is 52.3 Å². The minimum Gasteiger partial charge on any atom is -0.481 e. The van der Waals surface area contributed by atoms with Crippen LogP contribution in [0.15, 0.2) is 0 Å². The molecule has 0 spiro atoms. The lowest BCUT2D eigenvalue weighted by atomic mass is 9.41. The van der Waals surface area contributed by atoms with Crippen molar-refractivity contribution in [1.29, 1.82) is 0 Å². The van der Waals surface area contributed by atoms with E-state index in [1.54, 1.807) is 0 Å². The topological polar surface area (TPSA) is 77.8 Å². The molecule has 4 nitrogen and oxygen atoms in total. The second-order valence-corrected chi connectivity index (χ2v) is 11.9. The van der Waals surface area contributed by atoms with Crippen molar-refractivity contribution in [2.24, 2.45) is 52.3 Å². The maximum absolute atomic E-state index is 11.8. The van der Waals surface area contributed by atoms with Gasteiger partial charge in [0.2, 0.25) is 0 Å². The third kappa shape index (κ3) is 3.36. The first-order valence-electron chi connectivity index (χ1n) is 13.1. The van der Waals surface area contributed by atoms with Crippen molar-refractivity contribution in [1.82, 2.24) is 0 Å². The summed E-state index contributed by atoms with van der Waals surface area (Å²) in [5.74, 6) is 0.941. The van der Waals surface area contributed by atoms with Crippen molar-refractivity contribution in [3.63, 3.8) is 0 Å². The summed E-state index contributed by atoms with van der Waals surface area (Å²) in [7, 11) is 0. The first kappa shape index (κ1) is 21.2. The number of carboxylic acid groups (broad SMARTS) is 1. The molecule has 0 heterocycles. The molecule has 4 aliphatic rings. The van der Waals surface area contributed by atoms with Gasteiger partial charge >= 0.3 is 5.97 Å². The highest BCUT2D eigenvalue weighted by Gasteiger charge is 2.64. The lowest BCUT2D eigenvalue weighted by Crippen LogP contribution is -2.62. The van der Waals surface area contributed by atoms with E-state index in [-0.39, 0.29) is 41.1 Å². The molecule has 0 amide bonds. The van der Waals surface area contributed by atoms with Gasteiger partial charge in [-0.2, -0.15) is 0 Å². The van der Waals surface area contributed by atoms with E-state index in [4.69, 9.17) is 5.11 Å². The Labute approximate surface area is 184 Å². The number of aliphatic carboxylic acids is 1. The molecule has 0 aliphatic heterocycles. The van der Waals surface area contributed by atoms with Gasteiger partial charge in [0.1, 0.15) is 0 Å². The molecule has 3 N–H and O–H groups in total. The SMILES string of the molecule is [2H][C@]1(O)C2C3CCC([C@H](C)CCC(=O)O)[C@@]3(C)CCC2[C@@]2(C)CC[C@@H](O)C[C@H]2[C@H]1CC. The molecule has 0 aromatic heterocycles. The number of aliphatic hydroxyl groups excluding tert-OH is 1. The minimum atomic E-state index is -1.44. The number of carboxylic acids is 1. The summed E-state index contributed by atoms with van der Waals surface area (Å²) in [6.45, 7) is 9.12. The molecule has 30 heavy (non-hydrogen) atoms. The van der Waals surface area contributed by atoms with Crippen molar-refractivity contribution in [2.75, 3.05) is 0 Å². The van der Waals surface area contributed by atoms with Gasteiger partial charge < -0.3 is 15.3 Å². The Morgan fingerprint density at radius 1 is 1.07 bits per heavy atom. The molecule has 0 saturated heterocycles. The van der Waals surface area contributed by atoms with Gasteiger partial charge in [0.05, 0.1) is 13.6 Å². The minimum absolute atomic E-state index is 0.00985. The average Bonchev–Trinajstić information content (AvgIpc) is 3.04. The van der Waals surface area contributed by atoms with Gasteiger partial charge in [-0.1, -0.05) is 34.1 Å². The van der Waals surface area contributed by atoms with Crippen LogP contribution in [-0.4, -0.2) is 33.5 Å². The summed E-state index contributed by atoms with van der Waals surface area (Å²) in [5, 5.41) is 31.4. The van der Waals surface area contributed by atoms with E-state index >= 15 is 0 Å². The van der Waals surface area contributed by atoms with Crippen molar-refractivity contribution in [3.05, 3.63) is 0 Å². The van der Waals surface area contributed by atoms with Crippen LogP contribution in [0.3, 0.4) is 0 Å². The Hall–Kier alpha value is -0.610. The number of carbonyl (C=O) groups is 1. The zero-order valence-corrected chi connectivity index (χ0v) is 19.4. The second-order valence-electron chi connectivity index (χ2n) is 11.9. The molecular formula is C26H44O4. The fourth-order valence-corrected chi connectivity index (χ4v) is 9.19. The Morgan fingerprint density at radius 3 is 2.40 bits per heavy atom. The van der Waals surface area contributed by atoms with Crippen LogP contribution in [0.4, 0.5) is 0 Å². The molecule has 4 rings (SSSR count). The van der Waals surface area contributed by atoms with Crippen LogP contribution in [-0.2, 0) is 4.79 Å². The molecule has 0 aromatic carbocycles. The van der Waals surface area contributed by atoms with Gasteiger partial charge in [-0.05, 0) is 104 Å². The average molecular weight is 422 g/mol. The maximum Gasteiger partial charge on any atom is 0.303 e. The van der Waals surface area contributed by atoms with Crippen LogP contribution in [0.1, 0.15) is 93.3 Å². The Morgan fingerprint density at radius 2 is 1.73 bits per heavy atom. The van der Waals surface area contributed by atoms with Gasteiger partial charge in [-0.3, -0.25) is 4.79 Å². The molecular weight excluding hydrogens is 376 g/mol. The van der Waals surface area contributed by atoms with Crippen LogP contribution >= 0.6 is 0 Å². The maximum atomic E-state index is 11.8. The molecule has 0 aromatic rings. The number of hydrogen-bond acceptors (Lipinski definition) is 3. The highest BCUT2D eigenvalue weighted by atomic mass is 16.4. The second kappa shape index (κ2) is 8.06. The zero-order valence-electron chi connectivity index (χ0n) is 20.4. The zero-order chi connectivity index (χ0) is 22.8. The van der Waals surface area contributed by atoms with Gasteiger partial charge in [0.15, 0.2) is 0 Å². The highest BCUT2D eigenvalue weighted by Crippen LogP contribution is 2.69. The summed E-state index contributed by atoms with van der Waals surface area (Å²) in [6.07, 6.45) is 6.93. The first-order valence-corrected chi connectivity index (χ1v) is 12.6. The lowest BCUT2D eigenvalue weighted by molar-refractivity contribution is -0.203. The van der Waals surface area contributed by atoms with Gasteiger partial charge in [0.25, 0.3) is 0 Å². The third-order valence-electron chi connectivity index (χ3n) is 10.7. The Kier molecular flexibility index (Phi) is 5.71. The largest absolute Gasteiger partial charge is 0.481 e.